The second-order valence-electron chi connectivity index (χ2n) is 4.54. The van der Waals surface area contributed by atoms with Crippen molar-refractivity contribution in [2.24, 2.45) is 0 Å². The summed E-state index contributed by atoms with van der Waals surface area (Å²) in [5.74, 6) is 1.52. The number of nitrogens with zero attached hydrogens (tertiary/aromatic N) is 1. The van der Waals surface area contributed by atoms with E-state index < -0.39 is 6.10 Å². The van der Waals surface area contributed by atoms with Crippen molar-refractivity contribution in [2.75, 3.05) is 20.0 Å². The van der Waals surface area contributed by atoms with Crippen LogP contribution >= 0.6 is 11.6 Å². The van der Waals surface area contributed by atoms with Gasteiger partial charge in [-0.05, 0) is 23.8 Å². The van der Waals surface area contributed by atoms with Crippen LogP contribution in [0.15, 0.2) is 30.5 Å². The van der Waals surface area contributed by atoms with Gasteiger partial charge in [0.25, 0.3) is 0 Å². The highest BCUT2D eigenvalue weighted by Gasteiger charge is 2.15. The SMILES string of the molecule is COc1ccc(CC(O)c2cc(Cl)cnc2N)cc1OC. The maximum absolute atomic E-state index is 10.3. The number of anilines is 1. The third kappa shape index (κ3) is 3.56. The summed E-state index contributed by atoms with van der Waals surface area (Å²) in [6, 6.07) is 7.09. The number of rotatable bonds is 5. The summed E-state index contributed by atoms with van der Waals surface area (Å²) in [6.07, 6.45) is 1.02. The lowest BCUT2D eigenvalue weighted by molar-refractivity contribution is 0.179. The number of aliphatic hydroxyl groups is 1. The van der Waals surface area contributed by atoms with Crippen LogP contribution in [-0.4, -0.2) is 24.3 Å². The van der Waals surface area contributed by atoms with Crippen LogP contribution in [0.2, 0.25) is 5.02 Å². The largest absolute Gasteiger partial charge is 0.493 e. The van der Waals surface area contributed by atoms with E-state index in [9.17, 15) is 5.11 Å². The van der Waals surface area contributed by atoms with Crippen molar-refractivity contribution in [1.29, 1.82) is 0 Å². The molecule has 1 aromatic carbocycles. The van der Waals surface area contributed by atoms with Gasteiger partial charge in [-0.2, -0.15) is 0 Å². The molecule has 1 atom stereocenters. The number of ether oxygens (including phenoxy) is 2. The molecule has 0 saturated heterocycles. The molecule has 0 aliphatic rings. The van der Waals surface area contributed by atoms with E-state index in [2.05, 4.69) is 4.98 Å². The summed E-state index contributed by atoms with van der Waals surface area (Å²) in [4.78, 5) is 3.94. The van der Waals surface area contributed by atoms with E-state index in [4.69, 9.17) is 26.8 Å². The standard InChI is InChI=1S/C15H17ClN2O3/c1-20-13-4-3-9(6-14(13)21-2)5-12(19)11-7-10(16)8-18-15(11)17/h3-4,6-8,12,19H,5H2,1-2H3,(H2,17,18). The number of nitrogen functional groups attached to an aromatic ring is 1. The van der Waals surface area contributed by atoms with Gasteiger partial charge >= 0.3 is 0 Å². The minimum absolute atomic E-state index is 0.271. The molecule has 1 unspecified atom stereocenters. The summed E-state index contributed by atoms with van der Waals surface area (Å²) in [5, 5.41) is 10.8. The Kier molecular flexibility index (Phi) is 4.88. The quantitative estimate of drug-likeness (QED) is 0.888. The second-order valence-corrected chi connectivity index (χ2v) is 4.97. The van der Waals surface area contributed by atoms with Gasteiger partial charge in [-0.25, -0.2) is 4.98 Å². The van der Waals surface area contributed by atoms with E-state index in [1.165, 1.54) is 6.20 Å². The molecular formula is C15H17ClN2O3. The zero-order valence-corrected chi connectivity index (χ0v) is 12.6. The van der Waals surface area contributed by atoms with Gasteiger partial charge in [-0.1, -0.05) is 17.7 Å². The number of nitrogens with two attached hydrogens (primary N) is 1. The van der Waals surface area contributed by atoms with E-state index in [1.54, 1.807) is 26.4 Å². The van der Waals surface area contributed by atoms with Gasteiger partial charge in [-0.3, -0.25) is 0 Å². The van der Waals surface area contributed by atoms with Crippen molar-refractivity contribution < 1.29 is 14.6 Å². The Hall–Kier alpha value is -1.98. The smallest absolute Gasteiger partial charge is 0.160 e. The monoisotopic (exact) mass is 308 g/mol. The Morgan fingerprint density at radius 1 is 1.24 bits per heavy atom. The van der Waals surface area contributed by atoms with E-state index in [0.717, 1.165) is 5.56 Å². The Morgan fingerprint density at radius 2 is 1.95 bits per heavy atom. The highest BCUT2D eigenvalue weighted by atomic mass is 35.5. The number of methoxy groups -OCH3 is 2. The number of aromatic nitrogens is 1. The topological polar surface area (TPSA) is 77.6 Å². The summed E-state index contributed by atoms with van der Waals surface area (Å²) >= 11 is 5.89. The predicted molar refractivity (Wildman–Crippen MR) is 81.9 cm³/mol. The Labute approximate surface area is 128 Å². The van der Waals surface area contributed by atoms with Crippen LogP contribution in [0.3, 0.4) is 0 Å². The minimum Gasteiger partial charge on any atom is -0.493 e. The van der Waals surface area contributed by atoms with Crippen LogP contribution in [-0.2, 0) is 6.42 Å². The van der Waals surface area contributed by atoms with Crippen LogP contribution in [0, 0.1) is 0 Å². The lowest BCUT2D eigenvalue weighted by atomic mass is 10.0. The number of benzene rings is 1. The molecule has 0 spiro atoms. The number of hydrogen-bond acceptors (Lipinski definition) is 5. The van der Waals surface area contributed by atoms with Gasteiger partial charge < -0.3 is 20.3 Å². The Bertz CT molecular complexity index is 634. The van der Waals surface area contributed by atoms with Crippen molar-refractivity contribution >= 4 is 17.4 Å². The first-order valence-electron chi connectivity index (χ1n) is 6.35. The number of halogens is 1. The van der Waals surface area contributed by atoms with Crippen LogP contribution in [0.1, 0.15) is 17.2 Å². The first-order valence-corrected chi connectivity index (χ1v) is 6.72. The molecule has 1 aromatic heterocycles. The minimum atomic E-state index is -0.797. The van der Waals surface area contributed by atoms with Gasteiger partial charge in [0.1, 0.15) is 5.82 Å². The maximum atomic E-state index is 10.3. The molecule has 0 aliphatic carbocycles. The molecule has 0 saturated carbocycles. The average molecular weight is 309 g/mol. The average Bonchev–Trinajstić information content (AvgIpc) is 2.49. The Balaban J connectivity index is 2.23. The van der Waals surface area contributed by atoms with Crippen LogP contribution in [0.4, 0.5) is 5.82 Å². The number of hydrogen-bond donors (Lipinski definition) is 2. The normalized spacial score (nSPS) is 12.0. The highest BCUT2D eigenvalue weighted by Crippen LogP contribution is 2.30. The van der Waals surface area contributed by atoms with E-state index in [0.29, 0.717) is 28.5 Å². The van der Waals surface area contributed by atoms with Crippen molar-refractivity contribution in [3.63, 3.8) is 0 Å². The summed E-state index contributed by atoms with van der Waals surface area (Å²) in [7, 11) is 3.14. The molecule has 0 fully saturated rings. The molecule has 5 nitrogen and oxygen atoms in total. The van der Waals surface area contributed by atoms with Gasteiger partial charge in [-0.15, -0.1) is 0 Å². The molecule has 21 heavy (non-hydrogen) atoms. The fourth-order valence-corrected chi connectivity index (χ4v) is 2.24. The molecular weight excluding hydrogens is 292 g/mol. The van der Waals surface area contributed by atoms with Gasteiger partial charge in [0.2, 0.25) is 0 Å². The first kappa shape index (κ1) is 15.4. The zero-order valence-electron chi connectivity index (χ0n) is 11.8. The van der Waals surface area contributed by atoms with Crippen molar-refractivity contribution in [1.82, 2.24) is 4.98 Å². The molecule has 6 heteroatoms. The lowest BCUT2D eigenvalue weighted by Gasteiger charge is -2.15. The summed E-state index contributed by atoms with van der Waals surface area (Å²) in [6.45, 7) is 0. The van der Waals surface area contributed by atoms with Crippen molar-refractivity contribution in [3.8, 4) is 11.5 Å². The molecule has 0 amide bonds. The number of aliphatic hydroxyl groups excluding tert-OH is 1. The van der Waals surface area contributed by atoms with Crippen LogP contribution < -0.4 is 15.2 Å². The molecule has 2 aromatic rings. The fraction of sp³-hybridized carbons (Fsp3) is 0.267. The predicted octanol–water partition coefficient (Wildman–Crippen LogP) is 2.61. The van der Waals surface area contributed by atoms with Crippen LogP contribution in [0.5, 0.6) is 11.5 Å². The van der Waals surface area contributed by atoms with E-state index >= 15 is 0 Å². The lowest BCUT2D eigenvalue weighted by Crippen LogP contribution is -2.07. The van der Waals surface area contributed by atoms with Gasteiger partial charge in [0.15, 0.2) is 11.5 Å². The molecule has 2 rings (SSSR count). The molecule has 0 bridgehead atoms. The van der Waals surface area contributed by atoms with E-state index in [1.807, 2.05) is 12.1 Å². The fourth-order valence-electron chi connectivity index (χ4n) is 2.07. The zero-order chi connectivity index (χ0) is 15.4. The highest BCUT2D eigenvalue weighted by molar-refractivity contribution is 6.30. The van der Waals surface area contributed by atoms with E-state index in [-0.39, 0.29) is 5.82 Å². The number of pyridine rings is 1. The summed E-state index contributed by atoms with van der Waals surface area (Å²) in [5.41, 5.74) is 7.17. The maximum Gasteiger partial charge on any atom is 0.160 e. The van der Waals surface area contributed by atoms with Crippen molar-refractivity contribution in [3.05, 3.63) is 46.6 Å². The summed E-state index contributed by atoms with van der Waals surface area (Å²) < 4.78 is 10.4. The molecule has 0 aliphatic heterocycles. The molecule has 3 N–H and O–H groups in total. The first-order chi connectivity index (χ1) is 10.0. The third-order valence-corrected chi connectivity index (χ3v) is 3.36. The molecule has 112 valence electrons. The Morgan fingerprint density at radius 3 is 2.62 bits per heavy atom. The van der Waals surface area contributed by atoms with Crippen molar-refractivity contribution in [2.45, 2.75) is 12.5 Å². The van der Waals surface area contributed by atoms with Crippen LogP contribution in [0.25, 0.3) is 0 Å². The molecule has 0 radical (unpaired) electrons. The second kappa shape index (κ2) is 6.65. The third-order valence-electron chi connectivity index (χ3n) is 3.15. The van der Waals surface area contributed by atoms with Gasteiger partial charge in [0, 0.05) is 18.2 Å². The molecule has 1 heterocycles. The van der Waals surface area contributed by atoms with Gasteiger partial charge in [0.05, 0.1) is 25.3 Å².